The number of amides is 1. The Morgan fingerprint density at radius 2 is 1.93 bits per heavy atom. The number of aliphatic imine (C=N–C) groups is 1. The summed E-state index contributed by atoms with van der Waals surface area (Å²) < 4.78 is 1.91. The van der Waals surface area contributed by atoms with E-state index in [0.717, 1.165) is 49.8 Å². The Morgan fingerprint density at radius 3 is 2.43 bits per heavy atom. The Hall–Kier alpha value is -1.36. The largest absolute Gasteiger partial charge is 0.357 e. The van der Waals surface area contributed by atoms with Crippen LogP contribution in [0.25, 0.3) is 0 Å². The fourth-order valence-corrected chi connectivity index (χ4v) is 3.29. The number of carbonyl (C=O) groups excluding carboxylic acids is 1. The van der Waals surface area contributed by atoms with E-state index in [1.807, 2.05) is 32.7 Å². The maximum atomic E-state index is 11.9. The lowest BCUT2D eigenvalue weighted by Gasteiger charge is -2.33. The number of hydrogen-bond donors (Lipinski definition) is 2. The smallest absolute Gasteiger partial charge is 0.236 e. The molecule has 2 heterocycles. The number of piperidine rings is 1. The minimum atomic E-state index is 0. The summed E-state index contributed by atoms with van der Waals surface area (Å²) >= 11 is 0. The zero-order valence-corrected chi connectivity index (χ0v) is 20.4. The van der Waals surface area contributed by atoms with E-state index in [1.165, 1.54) is 5.56 Å². The van der Waals surface area contributed by atoms with Crippen LogP contribution in [-0.4, -0.2) is 77.8 Å². The summed E-state index contributed by atoms with van der Waals surface area (Å²) in [5.41, 5.74) is 3.38. The first-order valence-electron chi connectivity index (χ1n) is 9.78. The molecule has 1 fully saturated rings. The van der Waals surface area contributed by atoms with Gasteiger partial charge in [0.25, 0.3) is 0 Å². The first kappa shape index (κ1) is 24.7. The average Bonchev–Trinajstić information content (AvgIpc) is 2.86. The summed E-state index contributed by atoms with van der Waals surface area (Å²) in [6, 6.07) is 0.379. The number of nitrogens with zero attached hydrogens (tertiary/aromatic N) is 5. The highest BCUT2D eigenvalue weighted by atomic mass is 127. The van der Waals surface area contributed by atoms with Gasteiger partial charge in [-0.05, 0) is 33.6 Å². The Balaban J connectivity index is 0.00000392. The number of guanidine groups is 1. The zero-order chi connectivity index (χ0) is 20.0. The topological polar surface area (TPSA) is 77.8 Å². The number of aryl methyl sites for hydroxylation is 2. The van der Waals surface area contributed by atoms with Crippen LogP contribution in [0.1, 0.15) is 36.7 Å². The Kier molecular flexibility index (Phi) is 10.2. The summed E-state index contributed by atoms with van der Waals surface area (Å²) in [6.45, 7) is 10.00. The minimum Gasteiger partial charge on any atom is -0.357 e. The second-order valence-corrected chi connectivity index (χ2v) is 7.45. The van der Waals surface area contributed by atoms with E-state index < -0.39 is 0 Å². The maximum absolute atomic E-state index is 11.9. The van der Waals surface area contributed by atoms with Gasteiger partial charge < -0.3 is 15.5 Å². The molecular weight excluding hydrogens is 469 g/mol. The van der Waals surface area contributed by atoms with Crippen molar-refractivity contribution >= 4 is 35.8 Å². The SMILES string of the molecule is CCNC(=NCc1c(C)nn(C)c1C)NC1CCN(CC(=O)N(C)C)CC1.I. The van der Waals surface area contributed by atoms with Crippen molar-refractivity contribution in [3.05, 3.63) is 17.0 Å². The lowest BCUT2D eigenvalue weighted by molar-refractivity contribution is -0.130. The van der Waals surface area contributed by atoms with Gasteiger partial charge in [0.05, 0.1) is 18.8 Å². The van der Waals surface area contributed by atoms with Crippen LogP contribution in [0.2, 0.25) is 0 Å². The molecule has 0 saturated carbocycles. The van der Waals surface area contributed by atoms with Gasteiger partial charge in [-0.25, -0.2) is 4.99 Å². The van der Waals surface area contributed by atoms with Gasteiger partial charge in [-0.1, -0.05) is 0 Å². The average molecular weight is 505 g/mol. The molecule has 1 aliphatic rings. The molecule has 1 aliphatic heterocycles. The molecule has 0 spiro atoms. The van der Waals surface area contributed by atoms with Crippen LogP contribution >= 0.6 is 24.0 Å². The summed E-state index contributed by atoms with van der Waals surface area (Å²) in [4.78, 5) is 20.5. The monoisotopic (exact) mass is 505 g/mol. The van der Waals surface area contributed by atoms with Crippen LogP contribution in [-0.2, 0) is 18.4 Å². The van der Waals surface area contributed by atoms with Gasteiger partial charge in [0.2, 0.25) is 5.91 Å². The fourth-order valence-electron chi connectivity index (χ4n) is 3.29. The van der Waals surface area contributed by atoms with Crippen molar-refractivity contribution in [1.29, 1.82) is 0 Å². The van der Waals surface area contributed by atoms with Crippen LogP contribution < -0.4 is 10.6 Å². The minimum absolute atomic E-state index is 0. The molecule has 1 saturated heterocycles. The summed E-state index contributed by atoms with van der Waals surface area (Å²) in [6.07, 6.45) is 2.02. The van der Waals surface area contributed by atoms with Crippen molar-refractivity contribution in [2.75, 3.05) is 40.3 Å². The molecule has 0 aromatic carbocycles. The first-order valence-corrected chi connectivity index (χ1v) is 9.78. The van der Waals surface area contributed by atoms with Gasteiger partial charge >= 0.3 is 0 Å². The fraction of sp³-hybridized carbons (Fsp3) is 0.737. The number of nitrogens with one attached hydrogen (secondary N) is 2. The number of likely N-dealkylation sites (N-methyl/N-ethyl adjacent to an activating group) is 1. The number of carbonyl (C=O) groups is 1. The number of hydrogen-bond acceptors (Lipinski definition) is 4. The molecule has 9 heteroatoms. The van der Waals surface area contributed by atoms with Crippen molar-refractivity contribution in [2.24, 2.45) is 12.0 Å². The van der Waals surface area contributed by atoms with Crippen molar-refractivity contribution in [2.45, 2.75) is 46.2 Å². The summed E-state index contributed by atoms with van der Waals surface area (Å²) in [5, 5.41) is 11.4. The van der Waals surface area contributed by atoms with Gasteiger partial charge in [0, 0.05) is 58.1 Å². The van der Waals surface area contributed by atoms with Crippen molar-refractivity contribution in [1.82, 2.24) is 30.2 Å². The molecule has 0 radical (unpaired) electrons. The predicted molar refractivity (Wildman–Crippen MR) is 124 cm³/mol. The van der Waals surface area contributed by atoms with Gasteiger partial charge in [0.1, 0.15) is 0 Å². The van der Waals surface area contributed by atoms with Crippen LogP contribution in [0.3, 0.4) is 0 Å². The molecule has 0 aliphatic carbocycles. The van der Waals surface area contributed by atoms with Crippen LogP contribution in [0.4, 0.5) is 0 Å². The molecule has 0 bridgehead atoms. The first-order chi connectivity index (χ1) is 12.8. The maximum Gasteiger partial charge on any atom is 0.236 e. The lowest BCUT2D eigenvalue weighted by Crippen LogP contribution is -2.50. The molecule has 0 unspecified atom stereocenters. The Morgan fingerprint density at radius 1 is 1.29 bits per heavy atom. The van der Waals surface area contributed by atoms with Crippen LogP contribution in [0.15, 0.2) is 4.99 Å². The number of aromatic nitrogens is 2. The molecular formula is C19H36IN7O. The molecule has 160 valence electrons. The van der Waals surface area contributed by atoms with Crippen molar-refractivity contribution in [3.8, 4) is 0 Å². The lowest BCUT2D eigenvalue weighted by atomic mass is 10.1. The molecule has 2 rings (SSSR count). The number of rotatable bonds is 6. The highest BCUT2D eigenvalue weighted by Gasteiger charge is 2.22. The van der Waals surface area contributed by atoms with E-state index in [9.17, 15) is 4.79 Å². The van der Waals surface area contributed by atoms with Crippen LogP contribution in [0.5, 0.6) is 0 Å². The summed E-state index contributed by atoms with van der Waals surface area (Å²) in [7, 11) is 5.58. The third-order valence-corrected chi connectivity index (χ3v) is 5.18. The van der Waals surface area contributed by atoms with E-state index >= 15 is 0 Å². The molecule has 0 atom stereocenters. The zero-order valence-electron chi connectivity index (χ0n) is 18.1. The normalized spacial score (nSPS) is 15.9. The van der Waals surface area contributed by atoms with Gasteiger partial charge in [0.15, 0.2) is 5.96 Å². The highest BCUT2D eigenvalue weighted by molar-refractivity contribution is 14.0. The second-order valence-electron chi connectivity index (χ2n) is 7.45. The van der Waals surface area contributed by atoms with E-state index in [-0.39, 0.29) is 29.9 Å². The molecule has 1 aromatic rings. The molecule has 1 amide bonds. The second kappa shape index (κ2) is 11.6. The van der Waals surface area contributed by atoms with Gasteiger partial charge in [-0.2, -0.15) is 5.10 Å². The molecule has 28 heavy (non-hydrogen) atoms. The standard InChI is InChI=1S/C19H35N7O.HI/c1-7-20-19(21-12-17-14(2)23-25(6)15(17)3)22-16-8-10-26(11-9-16)13-18(27)24(4)5;/h16H,7-13H2,1-6H3,(H2,20,21,22);1H. The summed E-state index contributed by atoms with van der Waals surface area (Å²) in [5.74, 6) is 1.02. The third-order valence-electron chi connectivity index (χ3n) is 5.18. The highest BCUT2D eigenvalue weighted by Crippen LogP contribution is 2.13. The Labute approximate surface area is 186 Å². The Bertz CT molecular complexity index is 663. The van der Waals surface area contributed by atoms with E-state index in [2.05, 4.69) is 34.5 Å². The number of likely N-dealkylation sites (tertiary alicyclic amines) is 1. The van der Waals surface area contributed by atoms with Crippen LogP contribution in [0, 0.1) is 13.8 Å². The molecule has 8 nitrogen and oxygen atoms in total. The van der Waals surface area contributed by atoms with Crippen molar-refractivity contribution < 1.29 is 4.79 Å². The molecule has 2 N–H and O–H groups in total. The number of halogens is 1. The van der Waals surface area contributed by atoms with E-state index in [4.69, 9.17) is 4.99 Å². The van der Waals surface area contributed by atoms with Crippen molar-refractivity contribution in [3.63, 3.8) is 0 Å². The molecule has 1 aromatic heterocycles. The van der Waals surface area contributed by atoms with Gasteiger partial charge in [-0.3, -0.25) is 14.4 Å². The van der Waals surface area contributed by atoms with E-state index in [1.54, 1.807) is 4.90 Å². The quantitative estimate of drug-likeness (QED) is 0.346. The van der Waals surface area contributed by atoms with E-state index in [0.29, 0.717) is 19.1 Å². The third kappa shape index (κ3) is 6.91. The predicted octanol–water partition coefficient (Wildman–Crippen LogP) is 1.26. The van der Waals surface area contributed by atoms with Gasteiger partial charge in [-0.15, -0.1) is 24.0 Å².